The number of carbonyl (C=O) groups excluding carboxylic acids is 2. The lowest BCUT2D eigenvalue weighted by Crippen LogP contribution is -2.48. The van der Waals surface area contributed by atoms with E-state index in [0.717, 1.165) is 12.1 Å². The van der Waals surface area contributed by atoms with Gasteiger partial charge in [-0.2, -0.15) is 0 Å². The van der Waals surface area contributed by atoms with Crippen LogP contribution in [-0.2, 0) is 4.79 Å². The Hall–Kier alpha value is -2.64. The molecule has 1 fully saturated rings. The SMILES string of the molecule is CCCC(=O)NC(=S)Nc1ccc(N2CCN(C(=O)c3ccccc3)CC2)c(Cl)c1. The van der Waals surface area contributed by atoms with Crippen LogP contribution in [-0.4, -0.2) is 48.0 Å². The zero-order valence-electron chi connectivity index (χ0n) is 16.9. The van der Waals surface area contributed by atoms with Crippen LogP contribution in [0.5, 0.6) is 0 Å². The number of piperazine rings is 1. The molecule has 6 nitrogen and oxygen atoms in total. The molecule has 30 heavy (non-hydrogen) atoms. The van der Waals surface area contributed by atoms with Gasteiger partial charge in [0.15, 0.2) is 5.11 Å². The van der Waals surface area contributed by atoms with E-state index in [9.17, 15) is 9.59 Å². The van der Waals surface area contributed by atoms with E-state index in [4.69, 9.17) is 23.8 Å². The van der Waals surface area contributed by atoms with E-state index >= 15 is 0 Å². The standard InChI is InChI=1S/C22H25ClN4O2S/c1-2-6-20(28)25-22(30)24-17-9-10-19(18(23)15-17)26-11-13-27(14-12-26)21(29)16-7-4-3-5-8-16/h3-5,7-10,15H,2,6,11-14H2,1H3,(H2,24,25,28,30). The number of carbonyl (C=O) groups is 2. The number of hydrogen-bond acceptors (Lipinski definition) is 4. The molecule has 0 aromatic heterocycles. The Kier molecular flexibility index (Phi) is 7.65. The first-order valence-electron chi connectivity index (χ1n) is 9.97. The summed E-state index contributed by atoms with van der Waals surface area (Å²) in [6.07, 6.45) is 1.19. The third kappa shape index (κ3) is 5.70. The molecule has 3 rings (SSSR count). The maximum Gasteiger partial charge on any atom is 0.253 e. The fraction of sp³-hybridized carbons (Fsp3) is 0.318. The average Bonchev–Trinajstić information content (AvgIpc) is 2.74. The molecule has 8 heteroatoms. The first kappa shape index (κ1) is 22.1. The summed E-state index contributed by atoms with van der Waals surface area (Å²) in [5, 5.41) is 6.48. The van der Waals surface area contributed by atoms with Gasteiger partial charge in [-0.15, -0.1) is 0 Å². The van der Waals surface area contributed by atoms with Crippen LogP contribution in [0, 0.1) is 0 Å². The van der Waals surface area contributed by atoms with Gasteiger partial charge in [0.05, 0.1) is 10.7 Å². The van der Waals surface area contributed by atoms with Crippen LogP contribution in [0.2, 0.25) is 5.02 Å². The summed E-state index contributed by atoms with van der Waals surface area (Å²) < 4.78 is 0. The van der Waals surface area contributed by atoms with E-state index in [-0.39, 0.29) is 16.9 Å². The van der Waals surface area contributed by atoms with Gasteiger partial charge in [-0.25, -0.2) is 0 Å². The fourth-order valence-corrected chi connectivity index (χ4v) is 3.87. The molecule has 0 atom stereocenters. The molecule has 2 N–H and O–H groups in total. The summed E-state index contributed by atoms with van der Waals surface area (Å²) in [6.45, 7) is 4.62. The minimum Gasteiger partial charge on any atom is -0.367 e. The van der Waals surface area contributed by atoms with Crippen LogP contribution >= 0.6 is 23.8 Å². The van der Waals surface area contributed by atoms with Crippen LogP contribution < -0.4 is 15.5 Å². The first-order chi connectivity index (χ1) is 14.5. The van der Waals surface area contributed by atoms with Crippen LogP contribution in [0.25, 0.3) is 0 Å². The predicted octanol–water partition coefficient (Wildman–Crippen LogP) is 3.92. The van der Waals surface area contributed by atoms with Crippen molar-refractivity contribution in [2.24, 2.45) is 0 Å². The number of hydrogen-bond donors (Lipinski definition) is 2. The maximum absolute atomic E-state index is 12.6. The molecule has 1 aliphatic heterocycles. The highest BCUT2D eigenvalue weighted by atomic mass is 35.5. The topological polar surface area (TPSA) is 64.7 Å². The molecule has 0 saturated carbocycles. The molecule has 0 unspecified atom stereocenters. The summed E-state index contributed by atoms with van der Waals surface area (Å²) in [7, 11) is 0. The van der Waals surface area contributed by atoms with E-state index in [0.29, 0.717) is 48.9 Å². The third-order valence-corrected chi connectivity index (χ3v) is 5.37. The highest BCUT2D eigenvalue weighted by Crippen LogP contribution is 2.30. The molecule has 1 aliphatic rings. The van der Waals surface area contributed by atoms with Crippen molar-refractivity contribution in [3.63, 3.8) is 0 Å². The normalized spacial score (nSPS) is 13.7. The molecular weight excluding hydrogens is 420 g/mol. The minimum atomic E-state index is -0.111. The van der Waals surface area contributed by atoms with Crippen molar-refractivity contribution in [2.45, 2.75) is 19.8 Å². The molecule has 0 aliphatic carbocycles. The minimum absolute atomic E-state index is 0.0551. The van der Waals surface area contributed by atoms with Crippen molar-refractivity contribution in [2.75, 3.05) is 36.4 Å². The molecule has 1 heterocycles. The first-order valence-corrected chi connectivity index (χ1v) is 10.8. The lowest BCUT2D eigenvalue weighted by molar-refractivity contribution is -0.119. The van der Waals surface area contributed by atoms with Gasteiger partial charge in [0.2, 0.25) is 5.91 Å². The predicted molar refractivity (Wildman–Crippen MR) is 125 cm³/mol. The summed E-state index contributed by atoms with van der Waals surface area (Å²) in [5.74, 6) is -0.0554. The Balaban J connectivity index is 1.56. The molecule has 0 spiro atoms. The van der Waals surface area contributed by atoms with Crippen molar-refractivity contribution in [1.29, 1.82) is 0 Å². The highest BCUT2D eigenvalue weighted by molar-refractivity contribution is 7.80. The molecule has 1 saturated heterocycles. The molecule has 2 aromatic rings. The summed E-state index contributed by atoms with van der Waals surface area (Å²) in [4.78, 5) is 28.3. The average molecular weight is 445 g/mol. The summed E-state index contributed by atoms with van der Waals surface area (Å²) in [6, 6.07) is 14.9. The Labute approximate surface area is 187 Å². The van der Waals surface area contributed by atoms with E-state index in [2.05, 4.69) is 15.5 Å². The zero-order valence-corrected chi connectivity index (χ0v) is 18.4. The molecule has 2 amide bonds. The second-order valence-corrected chi connectivity index (χ2v) is 7.88. The van der Waals surface area contributed by atoms with Gasteiger partial charge in [-0.1, -0.05) is 36.7 Å². The second-order valence-electron chi connectivity index (χ2n) is 7.06. The van der Waals surface area contributed by atoms with Gasteiger partial charge in [0, 0.05) is 43.9 Å². The number of benzene rings is 2. The molecule has 2 aromatic carbocycles. The molecule has 0 radical (unpaired) electrons. The number of anilines is 2. The van der Waals surface area contributed by atoms with E-state index in [1.165, 1.54) is 0 Å². The van der Waals surface area contributed by atoms with Crippen molar-refractivity contribution in [3.05, 3.63) is 59.1 Å². The Morgan fingerprint density at radius 2 is 1.77 bits per heavy atom. The lowest BCUT2D eigenvalue weighted by atomic mass is 10.1. The number of nitrogens with one attached hydrogen (secondary N) is 2. The largest absolute Gasteiger partial charge is 0.367 e. The summed E-state index contributed by atoms with van der Waals surface area (Å²) >= 11 is 11.7. The Morgan fingerprint density at radius 3 is 2.40 bits per heavy atom. The number of rotatable bonds is 5. The van der Waals surface area contributed by atoms with Crippen molar-refractivity contribution >= 4 is 52.1 Å². The van der Waals surface area contributed by atoms with Gasteiger partial charge in [-0.05, 0) is 49.0 Å². The van der Waals surface area contributed by atoms with Gasteiger partial charge in [0.25, 0.3) is 5.91 Å². The van der Waals surface area contributed by atoms with Gasteiger partial charge < -0.3 is 20.4 Å². The van der Waals surface area contributed by atoms with Crippen LogP contribution in [0.4, 0.5) is 11.4 Å². The number of halogens is 1. The fourth-order valence-electron chi connectivity index (χ4n) is 3.33. The van der Waals surface area contributed by atoms with Crippen LogP contribution in [0.3, 0.4) is 0 Å². The smallest absolute Gasteiger partial charge is 0.253 e. The van der Waals surface area contributed by atoms with Crippen molar-refractivity contribution < 1.29 is 9.59 Å². The highest BCUT2D eigenvalue weighted by Gasteiger charge is 2.23. The van der Waals surface area contributed by atoms with Crippen molar-refractivity contribution in [1.82, 2.24) is 10.2 Å². The molecule has 0 bridgehead atoms. The lowest BCUT2D eigenvalue weighted by Gasteiger charge is -2.36. The van der Waals surface area contributed by atoms with Crippen LogP contribution in [0.1, 0.15) is 30.1 Å². The van der Waals surface area contributed by atoms with E-state index in [1.54, 1.807) is 6.07 Å². The number of amides is 2. The van der Waals surface area contributed by atoms with Gasteiger partial charge in [-0.3, -0.25) is 9.59 Å². The van der Waals surface area contributed by atoms with E-state index in [1.807, 2.05) is 54.3 Å². The van der Waals surface area contributed by atoms with Gasteiger partial charge in [0.1, 0.15) is 0 Å². The maximum atomic E-state index is 12.6. The van der Waals surface area contributed by atoms with E-state index < -0.39 is 0 Å². The van der Waals surface area contributed by atoms with Crippen LogP contribution in [0.15, 0.2) is 48.5 Å². The zero-order chi connectivity index (χ0) is 21.5. The van der Waals surface area contributed by atoms with Crippen molar-refractivity contribution in [3.8, 4) is 0 Å². The second kappa shape index (κ2) is 10.4. The van der Waals surface area contributed by atoms with Gasteiger partial charge >= 0.3 is 0 Å². The quantitative estimate of drug-likeness (QED) is 0.684. The third-order valence-electron chi connectivity index (χ3n) is 4.86. The Morgan fingerprint density at radius 1 is 1.07 bits per heavy atom. The molecule has 158 valence electrons. The molecular formula is C22H25ClN4O2S. The Bertz CT molecular complexity index is 915. The number of nitrogens with zero attached hydrogens (tertiary/aromatic N) is 2. The summed E-state index contributed by atoms with van der Waals surface area (Å²) in [5.41, 5.74) is 2.33. The number of thiocarbonyl (C=S) groups is 1. The monoisotopic (exact) mass is 444 g/mol.